The van der Waals surface area contributed by atoms with E-state index in [9.17, 15) is 10.1 Å². The van der Waals surface area contributed by atoms with E-state index in [1.807, 2.05) is 28.8 Å². The van der Waals surface area contributed by atoms with Gasteiger partial charge in [0.2, 0.25) is 5.91 Å². The summed E-state index contributed by atoms with van der Waals surface area (Å²) in [7, 11) is 0. The number of nitrogens with one attached hydrogen (secondary N) is 1. The molecule has 0 spiro atoms. The van der Waals surface area contributed by atoms with E-state index in [2.05, 4.69) is 26.6 Å². The number of carbonyl (C=O) groups excluding carboxylic acids is 1. The van der Waals surface area contributed by atoms with E-state index in [-0.39, 0.29) is 5.91 Å². The second-order valence-electron chi connectivity index (χ2n) is 6.76. The fraction of sp³-hybridized carbons (Fsp3) is 0.0870. The van der Waals surface area contributed by atoms with Crippen LogP contribution in [0.1, 0.15) is 12.5 Å². The van der Waals surface area contributed by atoms with Gasteiger partial charge in [-0.05, 0) is 55.5 Å². The Balaban J connectivity index is 1.65. The van der Waals surface area contributed by atoms with Crippen LogP contribution in [0, 0.1) is 11.3 Å². The van der Waals surface area contributed by atoms with Crippen LogP contribution in [0.4, 0.5) is 5.69 Å². The zero-order chi connectivity index (χ0) is 22.5. The van der Waals surface area contributed by atoms with E-state index in [0.29, 0.717) is 27.3 Å². The molecule has 0 aliphatic heterocycles. The van der Waals surface area contributed by atoms with Crippen molar-refractivity contribution in [3.05, 3.63) is 83.6 Å². The van der Waals surface area contributed by atoms with Gasteiger partial charge in [-0.1, -0.05) is 35.5 Å². The number of nitriles is 1. The molecule has 158 valence electrons. The number of nitrogens with zero attached hydrogens (tertiary/aromatic N) is 5. The fourth-order valence-electron chi connectivity index (χ4n) is 2.99. The molecule has 2 aromatic heterocycles. The van der Waals surface area contributed by atoms with Crippen LogP contribution in [0.15, 0.2) is 78.2 Å². The highest BCUT2D eigenvalue weighted by Crippen LogP contribution is 2.31. The minimum atomic E-state index is -0.498. The molecule has 9 heteroatoms. The lowest BCUT2D eigenvalue weighted by atomic mass is 10.2. The molecule has 0 aliphatic carbocycles. The van der Waals surface area contributed by atoms with Crippen molar-refractivity contribution in [2.45, 2.75) is 17.3 Å². The van der Waals surface area contributed by atoms with E-state index >= 15 is 0 Å². The molecular formula is C23H17ClN6OS. The standard InChI is InChI=1S/C23H17ClN6OS/c1-15(22(31)27-20-5-3-2-4-17(20)14-25)32-23-29-28-21(16-10-12-26-13-11-16)30(23)19-8-6-18(24)7-9-19/h2-13,15H,1H3,(H,27,31). The summed E-state index contributed by atoms with van der Waals surface area (Å²) < 4.78 is 1.88. The van der Waals surface area contributed by atoms with Gasteiger partial charge in [0.15, 0.2) is 11.0 Å². The van der Waals surface area contributed by atoms with Gasteiger partial charge < -0.3 is 5.32 Å². The molecule has 4 aromatic rings. The first-order valence-electron chi connectivity index (χ1n) is 9.65. The predicted octanol–water partition coefficient (Wildman–Crippen LogP) is 4.97. The summed E-state index contributed by atoms with van der Waals surface area (Å²) in [6.07, 6.45) is 3.37. The zero-order valence-electron chi connectivity index (χ0n) is 16.9. The third kappa shape index (κ3) is 4.64. The van der Waals surface area contributed by atoms with Gasteiger partial charge in [0, 0.05) is 28.7 Å². The molecule has 0 fully saturated rings. The second kappa shape index (κ2) is 9.64. The van der Waals surface area contributed by atoms with Gasteiger partial charge in [-0.2, -0.15) is 5.26 Å². The summed E-state index contributed by atoms with van der Waals surface area (Å²) in [6, 6.07) is 20.0. The molecule has 1 atom stereocenters. The first-order chi connectivity index (χ1) is 15.6. The molecule has 2 aromatic carbocycles. The lowest BCUT2D eigenvalue weighted by Gasteiger charge is -2.14. The maximum atomic E-state index is 12.8. The topological polar surface area (TPSA) is 96.5 Å². The summed E-state index contributed by atoms with van der Waals surface area (Å²) in [5.41, 5.74) is 2.54. The van der Waals surface area contributed by atoms with Crippen molar-refractivity contribution < 1.29 is 4.79 Å². The summed E-state index contributed by atoms with van der Waals surface area (Å²) in [5, 5.41) is 21.5. The molecule has 0 radical (unpaired) electrons. The van der Waals surface area contributed by atoms with E-state index < -0.39 is 5.25 Å². The smallest absolute Gasteiger partial charge is 0.237 e. The SMILES string of the molecule is CC(Sc1nnc(-c2ccncc2)n1-c1ccc(Cl)cc1)C(=O)Nc1ccccc1C#N. The number of aromatic nitrogens is 4. The van der Waals surface area contributed by atoms with Crippen LogP contribution < -0.4 is 5.32 Å². The number of para-hydroxylation sites is 1. The van der Waals surface area contributed by atoms with Crippen molar-refractivity contribution in [2.24, 2.45) is 0 Å². The number of carbonyl (C=O) groups is 1. The summed E-state index contributed by atoms with van der Waals surface area (Å²) in [6.45, 7) is 1.78. The quantitative estimate of drug-likeness (QED) is 0.408. The highest BCUT2D eigenvalue weighted by atomic mass is 35.5. The first kappa shape index (κ1) is 21.6. The van der Waals surface area contributed by atoms with Crippen molar-refractivity contribution in [1.82, 2.24) is 19.7 Å². The summed E-state index contributed by atoms with van der Waals surface area (Å²) in [5.74, 6) is 0.383. The van der Waals surface area contributed by atoms with Crippen LogP contribution >= 0.6 is 23.4 Å². The van der Waals surface area contributed by atoms with E-state index in [1.54, 1.807) is 55.7 Å². The van der Waals surface area contributed by atoms with Crippen LogP contribution in [0.25, 0.3) is 17.1 Å². The molecule has 1 N–H and O–H groups in total. The lowest BCUT2D eigenvalue weighted by molar-refractivity contribution is -0.115. The van der Waals surface area contributed by atoms with E-state index in [1.165, 1.54) is 11.8 Å². The second-order valence-corrected chi connectivity index (χ2v) is 8.51. The third-order valence-electron chi connectivity index (χ3n) is 4.61. The average Bonchev–Trinajstić information content (AvgIpc) is 3.24. The van der Waals surface area contributed by atoms with Crippen LogP contribution in [-0.2, 0) is 4.79 Å². The largest absolute Gasteiger partial charge is 0.324 e. The summed E-state index contributed by atoms with van der Waals surface area (Å²) >= 11 is 7.34. The Kier molecular flexibility index (Phi) is 6.50. The maximum Gasteiger partial charge on any atom is 0.237 e. The number of anilines is 1. The molecule has 1 amide bonds. The van der Waals surface area contributed by atoms with Crippen molar-refractivity contribution >= 4 is 35.0 Å². The number of amides is 1. The van der Waals surface area contributed by atoms with Gasteiger partial charge in [-0.3, -0.25) is 14.3 Å². The van der Waals surface area contributed by atoms with Crippen molar-refractivity contribution in [3.8, 4) is 23.1 Å². The maximum absolute atomic E-state index is 12.8. The van der Waals surface area contributed by atoms with Crippen molar-refractivity contribution in [2.75, 3.05) is 5.32 Å². The highest BCUT2D eigenvalue weighted by Gasteiger charge is 2.22. The number of rotatable bonds is 6. The number of hydrogen-bond donors (Lipinski definition) is 1. The third-order valence-corrected chi connectivity index (χ3v) is 5.91. The Morgan fingerprint density at radius 1 is 1.09 bits per heavy atom. The predicted molar refractivity (Wildman–Crippen MR) is 125 cm³/mol. The molecule has 0 saturated heterocycles. The van der Waals surface area contributed by atoms with Gasteiger partial charge in [-0.15, -0.1) is 10.2 Å². The molecule has 1 unspecified atom stereocenters. The Hall–Kier alpha value is -3.67. The monoisotopic (exact) mass is 460 g/mol. The fourth-order valence-corrected chi connectivity index (χ4v) is 3.99. The Morgan fingerprint density at radius 2 is 1.81 bits per heavy atom. The van der Waals surface area contributed by atoms with Crippen LogP contribution in [0.2, 0.25) is 5.02 Å². The van der Waals surface area contributed by atoms with Crippen LogP contribution in [0.3, 0.4) is 0 Å². The summed E-state index contributed by atoms with van der Waals surface area (Å²) in [4.78, 5) is 16.9. The Labute approximate surface area is 194 Å². The van der Waals surface area contributed by atoms with Gasteiger partial charge in [0.05, 0.1) is 16.5 Å². The lowest BCUT2D eigenvalue weighted by Crippen LogP contribution is -2.23. The molecule has 2 heterocycles. The molecule has 0 saturated carbocycles. The molecule has 32 heavy (non-hydrogen) atoms. The minimum Gasteiger partial charge on any atom is -0.324 e. The number of hydrogen-bond acceptors (Lipinski definition) is 6. The van der Waals surface area contributed by atoms with E-state index in [4.69, 9.17) is 11.6 Å². The Bertz CT molecular complexity index is 1280. The number of benzene rings is 2. The minimum absolute atomic E-state index is 0.242. The van der Waals surface area contributed by atoms with Crippen LogP contribution in [0.5, 0.6) is 0 Å². The first-order valence-corrected chi connectivity index (χ1v) is 10.9. The molecular weight excluding hydrogens is 444 g/mol. The highest BCUT2D eigenvalue weighted by molar-refractivity contribution is 8.00. The van der Waals surface area contributed by atoms with Crippen LogP contribution in [-0.4, -0.2) is 30.9 Å². The van der Waals surface area contributed by atoms with Crippen molar-refractivity contribution in [1.29, 1.82) is 5.26 Å². The molecule has 0 aliphatic rings. The zero-order valence-corrected chi connectivity index (χ0v) is 18.5. The molecule has 0 bridgehead atoms. The number of pyridine rings is 1. The van der Waals surface area contributed by atoms with Gasteiger partial charge in [-0.25, -0.2) is 0 Å². The molecule has 7 nitrogen and oxygen atoms in total. The normalized spacial score (nSPS) is 11.5. The number of halogens is 1. The Morgan fingerprint density at radius 3 is 2.53 bits per heavy atom. The number of thioether (sulfide) groups is 1. The average molecular weight is 461 g/mol. The van der Waals surface area contributed by atoms with Gasteiger partial charge in [0.1, 0.15) is 6.07 Å². The van der Waals surface area contributed by atoms with E-state index in [0.717, 1.165) is 11.3 Å². The molecule has 4 rings (SSSR count). The van der Waals surface area contributed by atoms with Gasteiger partial charge >= 0.3 is 0 Å². The van der Waals surface area contributed by atoms with Crippen molar-refractivity contribution in [3.63, 3.8) is 0 Å². The van der Waals surface area contributed by atoms with Gasteiger partial charge in [0.25, 0.3) is 0 Å².